The van der Waals surface area contributed by atoms with Crippen molar-refractivity contribution in [3.8, 4) is 0 Å². The highest BCUT2D eigenvalue weighted by molar-refractivity contribution is 4.97. The second kappa shape index (κ2) is 3.84. The summed E-state index contributed by atoms with van der Waals surface area (Å²) < 4.78 is 0. The molecule has 0 aromatic heterocycles. The molecule has 14 heavy (non-hydrogen) atoms. The molecule has 0 aromatic rings. The minimum atomic E-state index is 0.475. The van der Waals surface area contributed by atoms with Gasteiger partial charge in [-0.3, -0.25) is 0 Å². The highest BCUT2D eigenvalue weighted by Crippen LogP contribution is 2.41. The van der Waals surface area contributed by atoms with E-state index in [2.05, 4.69) is 26.1 Å². The summed E-state index contributed by atoms with van der Waals surface area (Å²) in [4.78, 5) is 0. The lowest BCUT2D eigenvalue weighted by molar-refractivity contribution is 0.132. The topological polar surface area (TPSA) is 12.0 Å². The fourth-order valence-electron chi connectivity index (χ4n) is 3.73. The Morgan fingerprint density at radius 3 is 2.21 bits per heavy atom. The predicted octanol–water partition coefficient (Wildman–Crippen LogP) is 3.20. The van der Waals surface area contributed by atoms with Crippen molar-refractivity contribution in [3.05, 3.63) is 0 Å². The minimum Gasteiger partial charge on any atom is -0.311 e. The van der Waals surface area contributed by atoms with Gasteiger partial charge < -0.3 is 5.32 Å². The number of rotatable bonds is 1. The Kier molecular flexibility index (Phi) is 2.88. The van der Waals surface area contributed by atoms with Gasteiger partial charge in [-0.1, -0.05) is 13.8 Å². The molecule has 2 fully saturated rings. The third kappa shape index (κ3) is 1.98. The molecule has 2 rings (SSSR count). The van der Waals surface area contributed by atoms with Gasteiger partial charge in [0.1, 0.15) is 0 Å². The highest BCUT2D eigenvalue weighted by Gasteiger charge is 2.39. The summed E-state index contributed by atoms with van der Waals surface area (Å²) in [6.45, 7) is 8.56. The van der Waals surface area contributed by atoms with Gasteiger partial charge >= 0.3 is 0 Å². The fraction of sp³-hybridized carbons (Fsp3) is 1.00. The molecule has 1 aliphatic heterocycles. The van der Waals surface area contributed by atoms with Gasteiger partial charge in [-0.25, -0.2) is 0 Å². The molecule has 0 aromatic carbocycles. The van der Waals surface area contributed by atoms with Crippen molar-refractivity contribution in [2.24, 2.45) is 17.8 Å². The lowest BCUT2D eigenvalue weighted by Crippen LogP contribution is -2.46. The van der Waals surface area contributed by atoms with Gasteiger partial charge in [0, 0.05) is 5.54 Å². The van der Waals surface area contributed by atoms with Crippen molar-refractivity contribution >= 4 is 0 Å². The average Bonchev–Trinajstić information content (AvgIpc) is 2.52. The van der Waals surface area contributed by atoms with Gasteiger partial charge in [0.25, 0.3) is 0 Å². The zero-order chi connectivity index (χ0) is 10.2. The standard InChI is InChI=1S/C13H25N/c1-10-7-11(2)9-12(8-10)13(3)5-4-6-14-13/h10-12,14H,4-9H2,1-3H3. The minimum absolute atomic E-state index is 0.475. The zero-order valence-corrected chi connectivity index (χ0v) is 9.97. The summed E-state index contributed by atoms with van der Waals surface area (Å²) in [5.74, 6) is 2.83. The first-order valence-electron chi connectivity index (χ1n) is 6.35. The quantitative estimate of drug-likeness (QED) is 0.677. The van der Waals surface area contributed by atoms with Crippen LogP contribution in [0.15, 0.2) is 0 Å². The monoisotopic (exact) mass is 195 g/mol. The first-order chi connectivity index (χ1) is 6.60. The molecule has 0 amide bonds. The molecule has 3 unspecified atom stereocenters. The van der Waals surface area contributed by atoms with Gasteiger partial charge in [-0.15, -0.1) is 0 Å². The van der Waals surface area contributed by atoms with Crippen LogP contribution in [-0.4, -0.2) is 12.1 Å². The maximum atomic E-state index is 3.74. The Morgan fingerprint density at radius 1 is 1.07 bits per heavy atom. The van der Waals surface area contributed by atoms with E-state index in [0.717, 1.165) is 17.8 Å². The Balaban J connectivity index is 2.02. The molecule has 1 saturated heterocycles. The summed E-state index contributed by atoms with van der Waals surface area (Å²) in [5, 5.41) is 3.74. The van der Waals surface area contributed by atoms with E-state index in [9.17, 15) is 0 Å². The van der Waals surface area contributed by atoms with E-state index in [1.165, 1.54) is 38.6 Å². The van der Waals surface area contributed by atoms with Gasteiger partial charge in [0.2, 0.25) is 0 Å². The van der Waals surface area contributed by atoms with E-state index in [1.54, 1.807) is 0 Å². The third-order valence-corrected chi connectivity index (χ3v) is 4.48. The van der Waals surface area contributed by atoms with Crippen LogP contribution in [0.25, 0.3) is 0 Å². The summed E-state index contributed by atoms with van der Waals surface area (Å²) in [7, 11) is 0. The molecule has 1 N–H and O–H groups in total. The van der Waals surface area contributed by atoms with Gasteiger partial charge in [-0.2, -0.15) is 0 Å². The van der Waals surface area contributed by atoms with Gasteiger partial charge in [0.05, 0.1) is 0 Å². The lowest BCUT2D eigenvalue weighted by atomic mass is 9.68. The number of hydrogen-bond donors (Lipinski definition) is 1. The molecular formula is C13H25N. The predicted molar refractivity (Wildman–Crippen MR) is 61.3 cm³/mol. The van der Waals surface area contributed by atoms with Crippen LogP contribution >= 0.6 is 0 Å². The molecule has 1 saturated carbocycles. The van der Waals surface area contributed by atoms with Crippen LogP contribution < -0.4 is 5.32 Å². The summed E-state index contributed by atoms with van der Waals surface area (Å²) in [6.07, 6.45) is 7.14. The second-order valence-electron chi connectivity index (χ2n) is 6.06. The van der Waals surface area contributed by atoms with Crippen molar-refractivity contribution in [3.63, 3.8) is 0 Å². The molecule has 2 aliphatic rings. The van der Waals surface area contributed by atoms with Crippen LogP contribution in [-0.2, 0) is 0 Å². The van der Waals surface area contributed by atoms with Gasteiger partial charge in [0.15, 0.2) is 0 Å². The van der Waals surface area contributed by atoms with E-state index in [4.69, 9.17) is 0 Å². The first-order valence-corrected chi connectivity index (χ1v) is 6.35. The van der Waals surface area contributed by atoms with Gasteiger partial charge in [-0.05, 0) is 63.3 Å². The van der Waals surface area contributed by atoms with Crippen molar-refractivity contribution in [2.45, 2.75) is 58.4 Å². The van der Waals surface area contributed by atoms with Crippen LogP contribution in [0.2, 0.25) is 0 Å². The lowest BCUT2D eigenvalue weighted by Gasteiger charge is -2.41. The average molecular weight is 195 g/mol. The smallest absolute Gasteiger partial charge is 0.0182 e. The van der Waals surface area contributed by atoms with Crippen molar-refractivity contribution in [1.82, 2.24) is 5.32 Å². The van der Waals surface area contributed by atoms with Crippen LogP contribution in [0, 0.1) is 17.8 Å². The van der Waals surface area contributed by atoms with Crippen LogP contribution in [0.1, 0.15) is 52.9 Å². The van der Waals surface area contributed by atoms with Crippen LogP contribution in [0.3, 0.4) is 0 Å². The fourth-order valence-corrected chi connectivity index (χ4v) is 3.73. The Labute approximate surface area is 88.7 Å². The molecule has 0 spiro atoms. The molecule has 1 heterocycles. The normalized spacial score (nSPS) is 49.5. The SMILES string of the molecule is CC1CC(C)CC(C2(C)CCCN2)C1. The molecule has 1 nitrogen and oxygen atoms in total. The molecule has 82 valence electrons. The maximum Gasteiger partial charge on any atom is 0.0182 e. The highest BCUT2D eigenvalue weighted by atomic mass is 15.0. The summed E-state index contributed by atoms with van der Waals surface area (Å²) in [6, 6.07) is 0. The molecule has 1 heteroatoms. The molecule has 3 atom stereocenters. The van der Waals surface area contributed by atoms with Crippen molar-refractivity contribution in [1.29, 1.82) is 0 Å². The number of hydrogen-bond acceptors (Lipinski definition) is 1. The molecule has 0 radical (unpaired) electrons. The largest absolute Gasteiger partial charge is 0.311 e. The molecular weight excluding hydrogens is 170 g/mol. The van der Waals surface area contributed by atoms with E-state index in [0.29, 0.717) is 5.54 Å². The van der Waals surface area contributed by atoms with Crippen LogP contribution in [0.4, 0.5) is 0 Å². The second-order valence-corrected chi connectivity index (χ2v) is 6.06. The number of nitrogens with one attached hydrogen (secondary N) is 1. The van der Waals surface area contributed by atoms with E-state index in [-0.39, 0.29) is 0 Å². The van der Waals surface area contributed by atoms with Crippen molar-refractivity contribution in [2.75, 3.05) is 6.54 Å². The third-order valence-electron chi connectivity index (χ3n) is 4.48. The first kappa shape index (κ1) is 10.5. The summed E-state index contributed by atoms with van der Waals surface area (Å²) in [5.41, 5.74) is 0.475. The Morgan fingerprint density at radius 2 is 1.71 bits per heavy atom. The van der Waals surface area contributed by atoms with E-state index < -0.39 is 0 Å². The van der Waals surface area contributed by atoms with E-state index in [1.807, 2.05) is 0 Å². The van der Waals surface area contributed by atoms with E-state index >= 15 is 0 Å². The Hall–Kier alpha value is -0.0400. The Bertz CT molecular complexity index is 183. The van der Waals surface area contributed by atoms with Crippen LogP contribution in [0.5, 0.6) is 0 Å². The molecule has 0 bridgehead atoms. The maximum absolute atomic E-state index is 3.74. The zero-order valence-electron chi connectivity index (χ0n) is 9.97. The molecule has 1 aliphatic carbocycles. The van der Waals surface area contributed by atoms with Crippen molar-refractivity contribution < 1.29 is 0 Å². The summed E-state index contributed by atoms with van der Waals surface area (Å²) >= 11 is 0.